The summed E-state index contributed by atoms with van der Waals surface area (Å²) in [6, 6.07) is 13.3. The van der Waals surface area contributed by atoms with Crippen LogP contribution in [-0.4, -0.2) is 18.6 Å². The first-order chi connectivity index (χ1) is 11.5. The second kappa shape index (κ2) is 8.39. The van der Waals surface area contributed by atoms with E-state index in [9.17, 15) is 4.79 Å². The van der Waals surface area contributed by atoms with Gasteiger partial charge in [0, 0.05) is 0 Å². The molecule has 2 aromatic carbocycles. The molecule has 1 amide bonds. The van der Waals surface area contributed by atoms with E-state index in [0.717, 1.165) is 5.56 Å². The first-order valence-corrected chi connectivity index (χ1v) is 8.31. The lowest BCUT2D eigenvalue weighted by Crippen LogP contribution is -2.32. The molecule has 2 aromatic rings. The zero-order chi connectivity index (χ0) is 17.5. The van der Waals surface area contributed by atoms with Crippen LogP contribution in [0.15, 0.2) is 42.5 Å². The minimum atomic E-state index is -0.554. The highest BCUT2D eigenvalue weighted by Crippen LogP contribution is 2.25. The van der Waals surface area contributed by atoms with Gasteiger partial charge < -0.3 is 14.8 Å². The van der Waals surface area contributed by atoms with Crippen molar-refractivity contribution < 1.29 is 14.3 Å². The fraction of sp³-hybridized carbons (Fsp3) is 0.350. The van der Waals surface area contributed by atoms with Gasteiger partial charge in [-0.15, -0.1) is 0 Å². The largest absolute Gasteiger partial charge is 0.492 e. The number of rotatable bonds is 7. The second-order valence-electron chi connectivity index (χ2n) is 5.68. The van der Waals surface area contributed by atoms with Gasteiger partial charge in [0.2, 0.25) is 0 Å². The number of aryl methyl sites for hydroxylation is 2. The molecule has 0 aliphatic rings. The van der Waals surface area contributed by atoms with E-state index in [1.54, 1.807) is 0 Å². The summed E-state index contributed by atoms with van der Waals surface area (Å²) in [5, 5.41) is 2.90. The molecule has 0 fully saturated rings. The van der Waals surface area contributed by atoms with Crippen molar-refractivity contribution in [1.29, 1.82) is 0 Å². The van der Waals surface area contributed by atoms with Gasteiger partial charge in [-0.1, -0.05) is 25.1 Å². The number of amides is 1. The van der Waals surface area contributed by atoms with Crippen molar-refractivity contribution in [2.45, 2.75) is 40.2 Å². The van der Waals surface area contributed by atoms with Gasteiger partial charge in [0.1, 0.15) is 11.5 Å². The highest BCUT2D eigenvalue weighted by Gasteiger charge is 2.20. The average Bonchev–Trinajstić information content (AvgIpc) is 2.57. The van der Waals surface area contributed by atoms with Crippen molar-refractivity contribution in [3.8, 4) is 11.5 Å². The first kappa shape index (κ1) is 17.9. The lowest BCUT2D eigenvalue weighted by atomic mass is 10.1. The average molecular weight is 327 g/mol. The van der Waals surface area contributed by atoms with Gasteiger partial charge in [-0.3, -0.25) is 4.79 Å². The van der Waals surface area contributed by atoms with Crippen LogP contribution in [0.1, 0.15) is 31.4 Å². The van der Waals surface area contributed by atoms with Gasteiger partial charge in [0.15, 0.2) is 6.10 Å². The Hall–Kier alpha value is -2.49. The van der Waals surface area contributed by atoms with Crippen molar-refractivity contribution in [2.75, 3.05) is 11.9 Å². The van der Waals surface area contributed by atoms with Crippen LogP contribution in [0, 0.1) is 13.8 Å². The van der Waals surface area contributed by atoms with Crippen LogP contribution in [0.2, 0.25) is 0 Å². The highest BCUT2D eigenvalue weighted by molar-refractivity contribution is 5.95. The Balaban J connectivity index is 2.10. The number of para-hydroxylation sites is 2. The smallest absolute Gasteiger partial charge is 0.265 e. The quantitative estimate of drug-likeness (QED) is 0.814. The topological polar surface area (TPSA) is 47.6 Å². The zero-order valence-electron chi connectivity index (χ0n) is 14.8. The third-order valence-electron chi connectivity index (χ3n) is 3.86. The molecule has 4 nitrogen and oxygen atoms in total. The van der Waals surface area contributed by atoms with E-state index in [4.69, 9.17) is 9.47 Å². The van der Waals surface area contributed by atoms with Crippen molar-refractivity contribution in [3.05, 3.63) is 53.6 Å². The number of benzene rings is 2. The number of hydrogen-bond donors (Lipinski definition) is 1. The fourth-order valence-corrected chi connectivity index (χ4v) is 2.34. The highest BCUT2D eigenvalue weighted by atomic mass is 16.5. The number of ether oxygens (including phenoxy) is 2. The fourth-order valence-electron chi connectivity index (χ4n) is 2.34. The molecular formula is C20H25NO3. The van der Waals surface area contributed by atoms with Gasteiger partial charge >= 0.3 is 0 Å². The molecular weight excluding hydrogens is 302 g/mol. The molecule has 0 unspecified atom stereocenters. The minimum Gasteiger partial charge on any atom is -0.492 e. The summed E-state index contributed by atoms with van der Waals surface area (Å²) in [5.41, 5.74) is 3.00. The molecule has 128 valence electrons. The van der Waals surface area contributed by atoms with Crippen molar-refractivity contribution >= 4 is 11.6 Å². The summed E-state index contributed by atoms with van der Waals surface area (Å²) in [7, 11) is 0. The molecule has 2 rings (SSSR count). The molecule has 0 saturated heterocycles. The standard InChI is InChI=1S/C20H25NO3/c1-5-18(24-16-12-11-14(3)15(4)13-16)20(22)21-17-9-7-8-10-19(17)23-6-2/h7-13,18H,5-6H2,1-4H3,(H,21,22)/t18-/m0/s1. The van der Waals surface area contributed by atoms with E-state index in [1.807, 2.05) is 70.2 Å². The minimum absolute atomic E-state index is 0.178. The molecule has 0 heterocycles. The molecule has 0 aliphatic heterocycles. The van der Waals surface area contributed by atoms with E-state index in [1.165, 1.54) is 5.56 Å². The molecule has 0 saturated carbocycles. The van der Waals surface area contributed by atoms with Crippen molar-refractivity contribution in [2.24, 2.45) is 0 Å². The Morgan fingerprint density at radius 1 is 1.08 bits per heavy atom. The molecule has 0 radical (unpaired) electrons. The van der Waals surface area contributed by atoms with Gasteiger partial charge in [-0.25, -0.2) is 0 Å². The Kier molecular flexibility index (Phi) is 6.24. The molecule has 0 aromatic heterocycles. The van der Waals surface area contributed by atoms with Gasteiger partial charge in [-0.2, -0.15) is 0 Å². The number of carbonyl (C=O) groups is 1. The van der Waals surface area contributed by atoms with Crippen LogP contribution in [0.25, 0.3) is 0 Å². The predicted octanol–water partition coefficient (Wildman–Crippen LogP) is 4.50. The van der Waals surface area contributed by atoms with E-state index in [2.05, 4.69) is 5.32 Å². The van der Waals surface area contributed by atoms with Crippen LogP contribution < -0.4 is 14.8 Å². The van der Waals surface area contributed by atoms with E-state index in [-0.39, 0.29) is 5.91 Å². The predicted molar refractivity (Wildman–Crippen MR) is 96.9 cm³/mol. The summed E-state index contributed by atoms with van der Waals surface area (Å²) in [4.78, 5) is 12.6. The SMILES string of the molecule is CCOc1ccccc1NC(=O)[C@H](CC)Oc1ccc(C)c(C)c1. The van der Waals surface area contributed by atoms with Crippen LogP contribution >= 0.6 is 0 Å². The van der Waals surface area contributed by atoms with Crippen LogP contribution in [-0.2, 0) is 4.79 Å². The van der Waals surface area contributed by atoms with Crippen LogP contribution in [0.4, 0.5) is 5.69 Å². The Morgan fingerprint density at radius 3 is 2.50 bits per heavy atom. The van der Waals surface area contributed by atoms with Gasteiger partial charge in [0.05, 0.1) is 12.3 Å². The third kappa shape index (κ3) is 4.51. The molecule has 0 bridgehead atoms. The number of nitrogens with one attached hydrogen (secondary N) is 1. The van der Waals surface area contributed by atoms with Gasteiger partial charge in [0.25, 0.3) is 5.91 Å². The summed E-state index contributed by atoms with van der Waals surface area (Å²) in [6.07, 6.45) is 0.0250. The first-order valence-electron chi connectivity index (χ1n) is 8.31. The van der Waals surface area contributed by atoms with Crippen molar-refractivity contribution in [3.63, 3.8) is 0 Å². The molecule has 24 heavy (non-hydrogen) atoms. The number of anilines is 1. The van der Waals surface area contributed by atoms with Crippen LogP contribution in [0.3, 0.4) is 0 Å². The van der Waals surface area contributed by atoms with Gasteiger partial charge in [-0.05, 0) is 62.6 Å². The molecule has 4 heteroatoms. The molecule has 0 spiro atoms. The number of carbonyl (C=O) groups excluding carboxylic acids is 1. The maximum atomic E-state index is 12.6. The Morgan fingerprint density at radius 2 is 1.83 bits per heavy atom. The summed E-state index contributed by atoms with van der Waals surface area (Å²) < 4.78 is 11.4. The molecule has 1 N–H and O–H groups in total. The summed E-state index contributed by atoms with van der Waals surface area (Å²) >= 11 is 0. The maximum absolute atomic E-state index is 12.6. The molecule has 1 atom stereocenters. The van der Waals surface area contributed by atoms with E-state index in [0.29, 0.717) is 30.2 Å². The lowest BCUT2D eigenvalue weighted by molar-refractivity contribution is -0.122. The second-order valence-corrected chi connectivity index (χ2v) is 5.68. The maximum Gasteiger partial charge on any atom is 0.265 e. The normalized spacial score (nSPS) is 11.7. The summed E-state index contributed by atoms with van der Waals surface area (Å²) in [6.45, 7) is 8.47. The monoisotopic (exact) mass is 327 g/mol. The van der Waals surface area contributed by atoms with Crippen LogP contribution in [0.5, 0.6) is 11.5 Å². The van der Waals surface area contributed by atoms with Crippen molar-refractivity contribution in [1.82, 2.24) is 0 Å². The molecule has 0 aliphatic carbocycles. The lowest BCUT2D eigenvalue weighted by Gasteiger charge is -2.19. The van der Waals surface area contributed by atoms with E-state index < -0.39 is 6.10 Å². The van der Waals surface area contributed by atoms with E-state index >= 15 is 0 Å². The third-order valence-corrected chi connectivity index (χ3v) is 3.86. The zero-order valence-corrected chi connectivity index (χ0v) is 14.8. The Bertz CT molecular complexity index is 697. The Labute approximate surface area is 143 Å². The summed E-state index contributed by atoms with van der Waals surface area (Å²) in [5.74, 6) is 1.19. The number of hydrogen-bond acceptors (Lipinski definition) is 3.